The first-order valence-electron chi connectivity index (χ1n) is 6.76. The quantitative estimate of drug-likeness (QED) is 0.728. The third kappa shape index (κ3) is 4.61. The van der Waals surface area contributed by atoms with Crippen molar-refractivity contribution in [1.82, 2.24) is 0 Å². The average molecular weight is 381 g/mol. The van der Waals surface area contributed by atoms with E-state index < -0.39 is 0 Å². The maximum absolute atomic E-state index is 12.0. The average Bonchev–Trinajstić information content (AvgIpc) is 2.49. The smallest absolute Gasteiger partial charge is 0.248 e. The van der Waals surface area contributed by atoms with E-state index in [0.29, 0.717) is 17.3 Å². The first-order valence-corrected chi connectivity index (χ1v) is 7.93. The van der Waals surface area contributed by atoms with Crippen molar-refractivity contribution in [2.45, 2.75) is 6.92 Å². The summed E-state index contributed by atoms with van der Waals surface area (Å²) in [6.07, 6.45) is 3.17. The molecule has 0 unspecified atom stereocenters. The lowest BCUT2D eigenvalue weighted by molar-refractivity contribution is -0.111. The molecule has 2 aromatic rings. The Bertz CT molecular complexity index is 701. The van der Waals surface area contributed by atoms with Gasteiger partial charge < -0.3 is 10.1 Å². The van der Waals surface area contributed by atoms with E-state index in [2.05, 4.69) is 21.2 Å². The van der Waals surface area contributed by atoms with Crippen molar-refractivity contribution in [2.24, 2.45) is 0 Å². The monoisotopic (exact) mass is 379 g/mol. The van der Waals surface area contributed by atoms with E-state index in [9.17, 15) is 4.79 Å². The number of benzene rings is 2. The van der Waals surface area contributed by atoms with Gasteiger partial charge in [0.1, 0.15) is 5.75 Å². The molecule has 0 aromatic heterocycles. The zero-order valence-electron chi connectivity index (χ0n) is 12.0. The Labute approximate surface area is 143 Å². The lowest BCUT2D eigenvalue weighted by atomic mass is 10.2. The second-order valence-electron chi connectivity index (χ2n) is 4.42. The number of halogens is 2. The van der Waals surface area contributed by atoms with Gasteiger partial charge in [-0.15, -0.1) is 0 Å². The molecule has 2 aromatic carbocycles. The normalized spacial score (nSPS) is 10.7. The number of amides is 1. The summed E-state index contributed by atoms with van der Waals surface area (Å²) in [5, 5.41) is 3.22. The fourth-order valence-corrected chi connectivity index (χ4v) is 2.56. The first-order chi connectivity index (χ1) is 10.6. The van der Waals surface area contributed by atoms with Crippen LogP contribution in [0.1, 0.15) is 12.5 Å². The molecule has 0 fully saturated rings. The van der Waals surface area contributed by atoms with Gasteiger partial charge >= 0.3 is 0 Å². The molecule has 2 rings (SSSR count). The molecule has 0 saturated carbocycles. The minimum Gasteiger partial charge on any atom is -0.493 e. The summed E-state index contributed by atoms with van der Waals surface area (Å²) >= 11 is 9.39. The number of hydrogen-bond donors (Lipinski definition) is 1. The Hall–Kier alpha value is -1.78. The van der Waals surface area contributed by atoms with Gasteiger partial charge in [-0.1, -0.05) is 45.7 Å². The Balaban J connectivity index is 2.08. The number of carbonyl (C=O) groups excluding carboxylic acids is 1. The van der Waals surface area contributed by atoms with Gasteiger partial charge in [0.15, 0.2) is 0 Å². The Kier molecular flexibility index (Phi) is 6.04. The van der Waals surface area contributed by atoms with E-state index in [0.717, 1.165) is 15.8 Å². The summed E-state index contributed by atoms with van der Waals surface area (Å²) < 4.78 is 6.37. The molecule has 0 aliphatic rings. The summed E-state index contributed by atoms with van der Waals surface area (Å²) in [6, 6.07) is 12.8. The molecule has 1 amide bonds. The summed E-state index contributed by atoms with van der Waals surface area (Å²) in [5.74, 6) is 0.492. The molecule has 0 bridgehead atoms. The number of nitrogens with one attached hydrogen (secondary N) is 1. The van der Waals surface area contributed by atoms with Crippen LogP contribution in [0.3, 0.4) is 0 Å². The van der Waals surface area contributed by atoms with Crippen LogP contribution in [0.4, 0.5) is 5.69 Å². The van der Waals surface area contributed by atoms with Crippen LogP contribution >= 0.6 is 27.5 Å². The molecule has 22 heavy (non-hydrogen) atoms. The molecule has 0 saturated heterocycles. The van der Waals surface area contributed by atoms with Crippen molar-refractivity contribution < 1.29 is 9.53 Å². The summed E-state index contributed by atoms with van der Waals surface area (Å²) in [4.78, 5) is 12.0. The van der Waals surface area contributed by atoms with Gasteiger partial charge in [0, 0.05) is 16.1 Å². The molecule has 114 valence electrons. The predicted molar refractivity (Wildman–Crippen MR) is 94.4 cm³/mol. The lowest BCUT2D eigenvalue weighted by Gasteiger charge is -2.07. The van der Waals surface area contributed by atoms with Crippen LogP contribution in [0.15, 0.2) is 53.0 Å². The number of hydrogen-bond acceptors (Lipinski definition) is 2. The lowest BCUT2D eigenvalue weighted by Crippen LogP contribution is -2.08. The summed E-state index contributed by atoms with van der Waals surface area (Å²) in [6.45, 7) is 2.49. The van der Waals surface area contributed by atoms with Crippen LogP contribution in [0, 0.1) is 0 Å². The highest BCUT2D eigenvalue weighted by Crippen LogP contribution is 2.25. The molecule has 0 atom stereocenters. The minimum absolute atomic E-state index is 0.254. The molecule has 1 N–H and O–H groups in total. The maximum Gasteiger partial charge on any atom is 0.248 e. The van der Waals surface area contributed by atoms with E-state index in [1.807, 2.05) is 37.3 Å². The fourth-order valence-electron chi connectivity index (χ4n) is 1.84. The van der Waals surface area contributed by atoms with E-state index in [4.69, 9.17) is 16.3 Å². The van der Waals surface area contributed by atoms with E-state index in [1.165, 1.54) is 6.08 Å². The number of carbonyl (C=O) groups is 1. The van der Waals surface area contributed by atoms with Gasteiger partial charge in [-0.3, -0.25) is 4.79 Å². The highest BCUT2D eigenvalue weighted by atomic mass is 79.9. The molecule has 0 aliphatic heterocycles. The Morgan fingerprint density at radius 2 is 2.09 bits per heavy atom. The molecule has 0 radical (unpaired) electrons. The van der Waals surface area contributed by atoms with Crippen molar-refractivity contribution in [3.05, 3.63) is 63.6 Å². The van der Waals surface area contributed by atoms with Crippen LogP contribution in [-0.4, -0.2) is 12.5 Å². The number of para-hydroxylation sites is 1. The molecule has 0 spiro atoms. The van der Waals surface area contributed by atoms with Crippen LogP contribution < -0.4 is 10.1 Å². The second kappa shape index (κ2) is 8.01. The zero-order valence-corrected chi connectivity index (χ0v) is 14.3. The standard InChI is InChI=1S/C17H15BrClNO2/c1-2-22-16-6-4-3-5-12(16)7-10-17(21)20-15-9-8-13(18)11-14(15)19/h3-11H,2H2,1H3,(H,20,21)/b10-7+. The molecule has 0 aliphatic carbocycles. The SMILES string of the molecule is CCOc1ccccc1/C=C/C(=O)Nc1ccc(Br)cc1Cl. The van der Waals surface area contributed by atoms with Gasteiger partial charge in [0.05, 0.1) is 17.3 Å². The van der Waals surface area contributed by atoms with Crippen molar-refractivity contribution in [1.29, 1.82) is 0 Å². The van der Waals surface area contributed by atoms with Gasteiger partial charge in [0.25, 0.3) is 0 Å². The largest absolute Gasteiger partial charge is 0.493 e. The third-order valence-corrected chi connectivity index (χ3v) is 3.63. The summed E-state index contributed by atoms with van der Waals surface area (Å²) in [5.41, 5.74) is 1.42. The Morgan fingerprint density at radius 1 is 1.32 bits per heavy atom. The van der Waals surface area contributed by atoms with Gasteiger partial charge in [-0.05, 0) is 37.3 Å². The van der Waals surface area contributed by atoms with E-state index in [1.54, 1.807) is 18.2 Å². The van der Waals surface area contributed by atoms with Gasteiger partial charge in [0.2, 0.25) is 5.91 Å². The second-order valence-corrected chi connectivity index (χ2v) is 5.74. The zero-order chi connectivity index (χ0) is 15.9. The molecule has 5 heteroatoms. The highest BCUT2D eigenvalue weighted by Gasteiger charge is 2.04. The highest BCUT2D eigenvalue weighted by molar-refractivity contribution is 9.10. The Morgan fingerprint density at radius 3 is 2.82 bits per heavy atom. The topological polar surface area (TPSA) is 38.3 Å². The van der Waals surface area contributed by atoms with E-state index in [-0.39, 0.29) is 5.91 Å². The number of anilines is 1. The molecular weight excluding hydrogens is 366 g/mol. The van der Waals surface area contributed by atoms with Gasteiger partial charge in [-0.2, -0.15) is 0 Å². The minimum atomic E-state index is -0.254. The first kappa shape index (κ1) is 16.6. The van der Waals surface area contributed by atoms with E-state index >= 15 is 0 Å². The maximum atomic E-state index is 12.0. The fraction of sp³-hybridized carbons (Fsp3) is 0.118. The number of rotatable bonds is 5. The van der Waals surface area contributed by atoms with Crippen LogP contribution in [0.5, 0.6) is 5.75 Å². The molecule has 3 nitrogen and oxygen atoms in total. The van der Waals surface area contributed by atoms with Crippen molar-refractivity contribution in [3.63, 3.8) is 0 Å². The number of ether oxygens (including phenoxy) is 1. The van der Waals surface area contributed by atoms with Crippen LogP contribution in [0.2, 0.25) is 5.02 Å². The van der Waals surface area contributed by atoms with Crippen molar-refractivity contribution >= 4 is 45.2 Å². The molecular formula is C17H15BrClNO2. The van der Waals surface area contributed by atoms with Crippen molar-refractivity contribution in [3.8, 4) is 5.75 Å². The predicted octanol–water partition coefficient (Wildman–Crippen LogP) is 5.15. The van der Waals surface area contributed by atoms with Gasteiger partial charge in [-0.25, -0.2) is 0 Å². The third-order valence-electron chi connectivity index (χ3n) is 2.82. The summed E-state index contributed by atoms with van der Waals surface area (Å²) in [7, 11) is 0. The van der Waals surface area contributed by atoms with Crippen molar-refractivity contribution in [2.75, 3.05) is 11.9 Å². The molecule has 0 heterocycles. The van der Waals surface area contributed by atoms with Crippen LogP contribution in [-0.2, 0) is 4.79 Å². The van der Waals surface area contributed by atoms with Crippen LogP contribution in [0.25, 0.3) is 6.08 Å².